The van der Waals surface area contributed by atoms with Crippen LogP contribution < -0.4 is 14.8 Å². The molecule has 3 rings (SSSR count). The van der Waals surface area contributed by atoms with Crippen LogP contribution in [0.5, 0.6) is 5.75 Å². The summed E-state index contributed by atoms with van der Waals surface area (Å²) in [6.45, 7) is 0.186. The van der Waals surface area contributed by atoms with Gasteiger partial charge in [-0.25, -0.2) is 13.1 Å². The molecule has 1 aliphatic heterocycles. The van der Waals surface area contributed by atoms with Gasteiger partial charge < -0.3 is 19.9 Å². The van der Waals surface area contributed by atoms with Crippen LogP contribution in [0.25, 0.3) is 0 Å². The van der Waals surface area contributed by atoms with Crippen molar-refractivity contribution in [1.82, 2.24) is 10.0 Å². The van der Waals surface area contributed by atoms with Crippen molar-refractivity contribution in [1.29, 1.82) is 0 Å². The predicted octanol–water partition coefficient (Wildman–Crippen LogP) is 1.63. The van der Waals surface area contributed by atoms with Crippen LogP contribution in [0.1, 0.15) is 24.8 Å². The van der Waals surface area contributed by atoms with Gasteiger partial charge in [0.1, 0.15) is 5.75 Å². The van der Waals surface area contributed by atoms with E-state index in [1.165, 1.54) is 19.2 Å². The Morgan fingerprint density at radius 3 is 2.50 bits per heavy atom. The molecule has 9 heteroatoms. The molecule has 2 aromatic rings. The fourth-order valence-corrected chi connectivity index (χ4v) is 5.01. The second-order valence-electron chi connectivity index (χ2n) is 7.75. The van der Waals surface area contributed by atoms with E-state index in [-0.39, 0.29) is 29.9 Å². The van der Waals surface area contributed by atoms with E-state index < -0.39 is 22.2 Å². The molecule has 0 saturated carbocycles. The van der Waals surface area contributed by atoms with Gasteiger partial charge in [0.05, 0.1) is 43.3 Å². The van der Waals surface area contributed by atoms with E-state index in [9.17, 15) is 18.3 Å². The first kappa shape index (κ1) is 24.2. The molecule has 2 aromatic carbocycles. The molecule has 0 unspecified atom stereocenters. The summed E-state index contributed by atoms with van der Waals surface area (Å²) in [7, 11) is -2.28. The number of sulfonamides is 1. The number of rotatable bonds is 10. The van der Waals surface area contributed by atoms with Gasteiger partial charge in [-0.15, -0.1) is 0 Å². The van der Waals surface area contributed by atoms with Gasteiger partial charge in [-0.3, -0.25) is 4.79 Å². The van der Waals surface area contributed by atoms with Gasteiger partial charge in [0.25, 0.3) is 0 Å². The molecule has 0 spiro atoms. The van der Waals surface area contributed by atoms with E-state index in [1.807, 2.05) is 30.3 Å². The lowest BCUT2D eigenvalue weighted by Gasteiger charge is -2.35. The van der Waals surface area contributed by atoms with Gasteiger partial charge in [-0.1, -0.05) is 30.3 Å². The Hall–Kier alpha value is -2.46. The number of nitrogens with one attached hydrogen (secondary N) is 2. The first-order valence-electron chi connectivity index (χ1n) is 10.6. The van der Waals surface area contributed by atoms with Crippen molar-refractivity contribution in [3.63, 3.8) is 0 Å². The Labute approximate surface area is 189 Å². The largest absolute Gasteiger partial charge is 0.497 e. The maximum absolute atomic E-state index is 12.7. The standard InChI is InChI=1S/C23H30N2O6S/c1-30-18-7-10-20(11-8-18)32(28,29)25-21-12-9-19(31-22(21)16-26)15-23(27)24-14-13-17-5-3-2-4-6-17/h2-8,10-11,19,21-22,25-26H,9,12-16H2,1H3,(H,24,27)/t19-,21-,22+/m1/s1. The molecule has 174 valence electrons. The molecule has 1 amide bonds. The van der Waals surface area contributed by atoms with Crippen molar-refractivity contribution in [3.8, 4) is 5.75 Å². The second kappa shape index (κ2) is 11.4. The van der Waals surface area contributed by atoms with E-state index in [1.54, 1.807) is 12.1 Å². The summed E-state index contributed by atoms with van der Waals surface area (Å²) in [5.74, 6) is 0.433. The van der Waals surface area contributed by atoms with E-state index >= 15 is 0 Å². The van der Waals surface area contributed by atoms with Crippen LogP contribution in [0.2, 0.25) is 0 Å². The zero-order chi connectivity index (χ0) is 23.0. The summed E-state index contributed by atoms with van der Waals surface area (Å²) in [6, 6.07) is 15.4. The van der Waals surface area contributed by atoms with Gasteiger partial charge in [-0.05, 0) is 49.1 Å². The number of benzene rings is 2. The minimum Gasteiger partial charge on any atom is -0.497 e. The number of ether oxygens (including phenoxy) is 2. The number of hydrogen-bond acceptors (Lipinski definition) is 6. The zero-order valence-electron chi connectivity index (χ0n) is 18.1. The summed E-state index contributed by atoms with van der Waals surface area (Å²) in [5, 5.41) is 12.6. The SMILES string of the molecule is COc1ccc(S(=O)(=O)N[C@@H]2CC[C@H](CC(=O)NCCc3ccccc3)O[C@H]2CO)cc1. The average Bonchev–Trinajstić information content (AvgIpc) is 2.80. The van der Waals surface area contributed by atoms with Crippen LogP contribution in [0, 0.1) is 0 Å². The van der Waals surface area contributed by atoms with Crippen LogP contribution >= 0.6 is 0 Å². The van der Waals surface area contributed by atoms with Crippen LogP contribution in [0.4, 0.5) is 0 Å². The van der Waals surface area contributed by atoms with E-state index in [0.717, 1.165) is 12.0 Å². The fraction of sp³-hybridized carbons (Fsp3) is 0.435. The molecule has 32 heavy (non-hydrogen) atoms. The van der Waals surface area contributed by atoms with Gasteiger partial charge >= 0.3 is 0 Å². The predicted molar refractivity (Wildman–Crippen MR) is 120 cm³/mol. The molecular weight excluding hydrogens is 432 g/mol. The molecule has 8 nitrogen and oxygen atoms in total. The molecule has 1 fully saturated rings. The summed E-state index contributed by atoms with van der Waals surface area (Å²) >= 11 is 0. The van der Waals surface area contributed by atoms with E-state index in [0.29, 0.717) is 25.1 Å². The number of amides is 1. The molecular formula is C23H30N2O6S. The van der Waals surface area contributed by atoms with Crippen LogP contribution in [-0.4, -0.2) is 57.9 Å². The molecule has 0 aliphatic carbocycles. The highest BCUT2D eigenvalue weighted by Crippen LogP contribution is 2.24. The summed E-state index contributed by atoms with van der Waals surface area (Å²) in [5.41, 5.74) is 1.15. The molecule has 3 N–H and O–H groups in total. The number of aliphatic hydroxyl groups excluding tert-OH is 1. The molecule has 1 saturated heterocycles. The van der Waals surface area contributed by atoms with Crippen LogP contribution in [0.15, 0.2) is 59.5 Å². The molecule has 0 aromatic heterocycles. The molecule has 1 aliphatic rings. The van der Waals surface area contributed by atoms with Gasteiger partial charge in [0, 0.05) is 6.54 Å². The van der Waals surface area contributed by atoms with Crippen molar-refractivity contribution < 1.29 is 27.8 Å². The first-order chi connectivity index (χ1) is 15.4. The average molecular weight is 463 g/mol. The third-order valence-electron chi connectivity index (χ3n) is 5.46. The van der Waals surface area contributed by atoms with Crippen molar-refractivity contribution >= 4 is 15.9 Å². The van der Waals surface area contributed by atoms with Gasteiger partial charge in [0.2, 0.25) is 15.9 Å². The summed E-state index contributed by atoms with van der Waals surface area (Å²) in [6.07, 6.45) is 0.793. The first-order valence-corrected chi connectivity index (χ1v) is 12.1. The Balaban J connectivity index is 1.48. The highest BCUT2D eigenvalue weighted by Gasteiger charge is 2.34. The third kappa shape index (κ3) is 6.77. The van der Waals surface area contributed by atoms with Gasteiger partial charge in [0.15, 0.2) is 0 Å². The molecule has 1 heterocycles. The fourth-order valence-electron chi connectivity index (χ4n) is 3.71. The topological polar surface area (TPSA) is 114 Å². The minimum absolute atomic E-state index is 0.106. The van der Waals surface area contributed by atoms with E-state index in [4.69, 9.17) is 9.47 Å². The van der Waals surface area contributed by atoms with E-state index in [2.05, 4.69) is 10.0 Å². The highest BCUT2D eigenvalue weighted by molar-refractivity contribution is 7.89. The number of carbonyl (C=O) groups excluding carboxylic acids is 1. The molecule has 0 radical (unpaired) electrons. The summed E-state index contributed by atoms with van der Waals surface area (Å²) < 4.78 is 38.9. The monoisotopic (exact) mass is 462 g/mol. The van der Waals surface area contributed by atoms with Crippen molar-refractivity contribution in [2.24, 2.45) is 0 Å². The Morgan fingerprint density at radius 1 is 1.12 bits per heavy atom. The Bertz CT molecular complexity index is 966. The second-order valence-corrected chi connectivity index (χ2v) is 9.46. The van der Waals surface area contributed by atoms with Gasteiger partial charge in [-0.2, -0.15) is 0 Å². The van der Waals surface area contributed by atoms with Crippen molar-refractivity contribution in [2.75, 3.05) is 20.3 Å². The zero-order valence-corrected chi connectivity index (χ0v) is 18.9. The quantitative estimate of drug-likeness (QED) is 0.495. The highest BCUT2D eigenvalue weighted by atomic mass is 32.2. The van der Waals surface area contributed by atoms with Crippen LogP contribution in [-0.2, 0) is 26.0 Å². The molecule has 3 atom stereocenters. The maximum Gasteiger partial charge on any atom is 0.240 e. The van der Waals surface area contributed by atoms with Crippen LogP contribution in [0.3, 0.4) is 0 Å². The third-order valence-corrected chi connectivity index (χ3v) is 6.97. The number of hydrogen-bond donors (Lipinski definition) is 3. The lowest BCUT2D eigenvalue weighted by Crippen LogP contribution is -2.51. The Morgan fingerprint density at radius 2 is 1.84 bits per heavy atom. The lowest BCUT2D eigenvalue weighted by molar-refractivity contribution is -0.130. The maximum atomic E-state index is 12.7. The lowest BCUT2D eigenvalue weighted by atomic mass is 9.98. The normalized spacial score (nSPS) is 21.1. The number of carbonyl (C=O) groups is 1. The molecule has 0 bridgehead atoms. The number of aliphatic hydroxyl groups is 1. The summed E-state index contributed by atoms with van der Waals surface area (Å²) in [4.78, 5) is 12.4. The smallest absolute Gasteiger partial charge is 0.240 e. The Kier molecular flexibility index (Phi) is 8.63. The van der Waals surface area contributed by atoms with Crippen molar-refractivity contribution in [3.05, 3.63) is 60.2 Å². The van der Waals surface area contributed by atoms with Crippen molar-refractivity contribution in [2.45, 2.75) is 48.8 Å². The number of methoxy groups -OCH3 is 1. The minimum atomic E-state index is -3.78.